The molecule has 1 saturated heterocycles. The number of hydrogen-bond acceptors (Lipinski definition) is 5. The van der Waals surface area contributed by atoms with Crippen molar-refractivity contribution in [3.63, 3.8) is 0 Å². The lowest BCUT2D eigenvalue weighted by atomic mass is 10.1. The largest absolute Gasteiger partial charge is 0.291 e. The molecule has 0 spiro atoms. The van der Waals surface area contributed by atoms with Gasteiger partial charge in [0.05, 0.1) is 27.5 Å². The fourth-order valence-corrected chi connectivity index (χ4v) is 8.07. The Balaban J connectivity index is 1.37. The van der Waals surface area contributed by atoms with E-state index in [9.17, 15) is 13.2 Å². The second-order valence-corrected chi connectivity index (χ2v) is 13.2. The van der Waals surface area contributed by atoms with Crippen LogP contribution in [0.25, 0.3) is 27.4 Å². The third-order valence-corrected chi connectivity index (χ3v) is 10.5. The van der Waals surface area contributed by atoms with Crippen molar-refractivity contribution in [2.75, 3.05) is 19.6 Å². The summed E-state index contributed by atoms with van der Waals surface area (Å²) in [5.41, 5.74) is 1.29. The molecule has 2 atom stereocenters. The average molecular weight is 632 g/mol. The number of hydrogen-bond donors (Lipinski definition) is 0. The first-order chi connectivity index (χ1) is 19.8. The van der Waals surface area contributed by atoms with Crippen molar-refractivity contribution in [3.05, 3.63) is 112 Å². The summed E-state index contributed by atoms with van der Waals surface area (Å²) in [4.78, 5) is 21.5. The van der Waals surface area contributed by atoms with Crippen LogP contribution in [0.15, 0.2) is 105 Å². The minimum absolute atomic E-state index is 0.114. The quantitative estimate of drug-likeness (QED) is 0.225. The van der Waals surface area contributed by atoms with Crippen molar-refractivity contribution in [2.24, 2.45) is 0 Å². The Morgan fingerprint density at radius 2 is 1.59 bits per heavy atom. The molecule has 0 radical (unpaired) electrons. The number of para-hydroxylation sites is 1. The molecule has 1 aromatic heterocycles. The van der Waals surface area contributed by atoms with E-state index in [4.69, 9.17) is 4.98 Å². The van der Waals surface area contributed by atoms with Crippen LogP contribution in [0.2, 0.25) is 0 Å². The molecule has 1 fully saturated rings. The summed E-state index contributed by atoms with van der Waals surface area (Å²) < 4.78 is 32.1. The van der Waals surface area contributed by atoms with Crippen LogP contribution in [0.3, 0.4) is 0 Å². The van der Waals surface area contributed by atoms with Crippen LogP contribution in [0.5, 0.6) is 0 Å². The van der Waals surface area contributed by atoms with Crippen LogP contribution >= 0.6 is 15.9 Å². The van der Waals surface area contributed by atoms with Crippen molar-refractivity contribution in [2.45, 2.75) is 37.2 Å². The summed E-state index contributed by atoms with van der Waals surface area (Å²) in [6.45, 7) is 5.43. The van der Waals surface area contributed by atoms with E-state index in [1.807, 2.05) is 85.8 Å². The van der Waals surface area contributed by atoms with Gasteiger partial charge in [0.25, 0.3) is 5.56 Å². The lowest BCUT2D eigenvalue weighted by Gasteiger charge is -2.42. The lowest BCUT2D eigenvalue weighted by Crippen LogP contribution is -2.55. The number of sulfonamides is 1. The molecular formula is C32H31BrN4O3S. The maximum absolute atomic E-state index is 13.9. The van der Waals surface area contributed by atoms with Gasteiger partial charge in [-0.3, -0.25) is 14.3 Å². The number of halogens is 1. The van der Waals surface area contributed by atoms with Gasteiger partial charge >= 0.3 is 0 Å². The smallest absolute Gasteiger partial charge is 0.266 e. The van der Waals surface area contributed by atoms with Gasteiger partial charge in [-0.2, -0.15) is 4.31 Å². The Morgan fingerprint density at radius 1 is 0.902 bits per heavy atom. The molecule has 0 saturated carbocycles. The van der Waals surface area contributed by atoms with Crippen molar-refractivity contribution < 1.29 is 8.42 Å². The molecule has 0 amide bonds. The van der Waals surface area contributed by atoms with E-state index >= 15 is 0 Å². The number of nitrogens with zero attached hydrogens (tertiary/aromatic N) is 4. The van der Waals surface area contributed by atoms with Gasteiger partial charge in [-0.15, -0.1) is 0 Å². The van der Waals surface area contributed by atoms with E-state index in [1.165, 1.54) is 0 Å². The number of piperazine rings is 1. The Morgan fingerprint density at radius 3 is 2.32 bits per heavy atom. The van der Waals surface area contributed by atoms with Crippen LogP contribution in [0, 0.1) is 0 Å². The molecule has 1 aliphatic rings. The molecule has 0 aliphatic carbocycles. The average Bonchev–Trinajstić information content (AvgIpc) is 2.98. The maximum Gasteiger partial charge on any atom is 0.266 e. The van der Waals surface area contributed by atoms with Gasteiger partial charge in [0.1, 0.15) is 5.82 Å². The first-order valence-corrected chi connectivity index (χ1v) is 16.0. The Bertz CT molecular complexity index is 1900. The van der Waals surface area contributed by atoms with Gasteiger partial charge in [0.15, 0.2) is 0 Å². The summed E-state index contributed by atoms with van der Waals surface area (Å²) in [6, 6.07) is 27.7. The van der Waals surface area contributed by atoms with Gasteiger partial charge in [-0.05, 0) is 61.2 Å². The molecule has 5 aromatic rings. The summed E-state index contributed by atoms with van der Waals surface area (Å²) in [5.74, 6) is 0.663. The Labute approximate surface area is 248 Å². The highest BCUT2D eigenvalue weighted by Crippen LogP contribution is 2.32. The fourth-order valence-electron chi connectivity index (χ4n) is 5.97. The predicted molar refractivity (Wildman–Crippen MR) is 167 cm³/mol. The molecular weight excluding hydrogens is 600 g/mol. The highest BCUT2D eigenvalue weighted by atomic mass is 79.9. The summed E-state index contributed by atoms with van der Waals surface area (Å²) >= 11 is 3.49. The van der Waals surface area contributed by atoms with Gasteiger partial charge in [0, 0.05) is 35.5 Å². The molecule has 2 unspecified atom stereocenters. The third-order valence-electron chi connectivity index (χ3n) is 7.95. The first kappa shape index (κ1) is 27.8. The zero-order valence-electron chi connectivity index (χ0n) is 22.9. The van der Waals surface area contributed by atoms with Crippen LogP contribution in [0.1, 0.15) is 32.1 Å². The molecule has 41 heavy (non-hydrogen) atoms. The lowest BCUT2D eigenvalue weighted by molar-refractivity contribution is 0.0945. The number of rotatable bonds is 6. The molecule has 4 aromatic carbocycles. The van der Waals surface area contributed by atoms with E-state index < -0.39 is 10.0 Å². The molecule has 6 rings (SSSR count). The van der Waals surface area contributed by atoms with E-state index in [0.717, 1.165) is 20.9 Å². The Kier molecular flexibility index (Phi) is 7.54. The van der Waals surface area contributed by atoms with Crippen LogP contribution < -0.4 is 5.56 Å². The van der Waals surface area contributed by atoms with Gasteiger partial charge in [-0.1, -0.05) is 71.4 Å². The highest BCUT2D eigenvalue weighted by Gasteiger charge is 2.37. The maximum atomic E-state index is 13.9. The van der Waals surface area contributed by atoms with Gasteiger partial charge in [0.2, 0.25) is 10.0 Å². The van der Waals surface area contributed by atoms with Gasteiger partial charge in [-0.25, -0.2) is 13.4 Å². The molecule has 2 heterocycles. The second-order valence-electron chi connectivity index (χ2n) is 10.5. The van der Waals surface area contributed by atoms with Crippen molar-refractivity contribution in [3.8, 4) is 5.69 Å². The molecule has 1 aliphatic heterocycles. The van der Waals surface area contributed by atoms with Crippen LogP contribution in [-0.4, -0.2) is 52.9 Å². The predicted octanol–water partition coefficient (Wildman–Crippen LogP) is 6.15. The van der Waals surface area contributed by atoms with Crippen LogP contribution in [-0.2, 0) is 10.0 Å². The van der Waals surface area contributed by atoms with Crippen molar-refractivity contribution in [1.82, 2.24) is 18.8 Å². The zero-order valence-corrected chi connectivity index (χ0v) is 25.3. The van der Waals surface area contributed by atoms with Gasteiger partial charge < -0.3 is 0 Å². The fraction of sp³-hybridized carbons (Fsp3) is 0.250. The van der Waals surface area contributed by atoms with Crippen molar-refractivity contribution >= 4 is 47.6 Å². The number of aromatic nitrogens is 2. The molecule has 210 valence electrons. The normalized spacial score (nSPS) is 17.7. The number of fused-ring (bicyclic) bond motifs is 2. The summed E-state index contributed by atoms with van der Waals surface area (Å²) in [7, 11) is -3.72. The Hall–Kier alpha value is -3.37. The van der Waals surface area contributed by atoms with Crippen molar-refractivity contribution in [1.29, 1.82) is 0 Å². The van der Waals surface area contributed by atoms with E-state index in [0.29, 0.717) is 47.7 Å². The zero-order chi connectivity index (χ0) is 28.7. The standard InChI is InChI=1S/C32H31BrN4O3S/c1-3-29(31-34-28-13-7-6-12-27(28)32(38)37(31)25-17-15-24(33)16-18-25)35-19-20-36(22(2)21-35)41(39,40)30-14-8-10-23-9-4-5-11-26(23)30/h4-18,22,29H,3,19-21H2,1-2H3. The molecule has 7 nitrogen and oxygen atoms in total. The minimum Gasteiger partial charge on any atom is -0.291 e. The third kappa shape index (κ3) is 5.01. The van der Waals surface area contributed by atoms with E-state index in [2.05, 4.69) is 27.8 Å². The topological polar surface area (TPSA) is 75.5 Å². The van der Waals surface area contributed by atoms with E-state index in [1.54, 1.807) is 21.0 Å². The monoisotopic (exact) mass is 630 g/mol. The highest BCUT2D eigenvalue weighted by molar-refractivity contribution is 9.10. The summed E-state index contributed by atoms with van der Waals surface area (Å²) in [5, 5.41) is 2.20. The van der Waals surface area contributed by atoms with E-state index in [-0.39, 0.29) is 17.6 Å². The summed E-state index contributed by atoms with van der Waals surface area (Å²) in [6.07, 6.45) is 0.712. The van der Waals surface area contributed by atoms with Crippen LogP contribution in [0.4, 0.5) is 0 Å². The minimum atomic E-state index is -3.72. The SMILES string of the molecule is CCC(c1nc2ccccc2c(=O)n1-c1ccc(Br)cc1)N1CCN(S(=O)(=O)c2cccc3ccccc23)C(C)C1. The first-order valence-electron chi connectivity index (χ1n) is 13.8. The second kappa shape index (κ2) is 11.1. The molecule has 9 heteroatoms. The molecule has 0 N–H and O–H groups in total. The molecule has 0 bridgehead atoms. The number of benzene rings is 4.